The molecule has 0 bridgehead atoms. The van der Waals surface area contributed by atoms with Crippen LogP contribution in [0.3, 0.4) is 0 Å². The number of hydrogen-bond acceptors (Lipinski definition) is 7. The zero-order valence-corrected chi connectivity index (χ0v) is 22.2. The van der Waals surface area contributed by atoms with E-state index < -0.39 is 6.10 Å². The summed E-state index contributed by atoms with van der Waals surface area (Å²) in [4.78, 5) is 27.8. The van der Waals surface area contributed by atoms with Gasteiger partial charge < -0.3 is 33.9 Å². The first kappa shape index (κ1) is 26.7. The standard InChI is InChI=1S/C29H32N2O7/c1-18-29(33)31(13-12-19-6-9-24(34-2)26(14-19)36-4)17-21-15-22(8-11-23(21)38-18)30-28(32)20-7-10-25(35-3)27(16-20)37-5/h6-11,14-16,18H,12-13,17H2,1-5H3,(H,30,32)/t18-/m0/s1. The lowest BCUT2D eigenvalue weighted by molar-refractivity contribution is -0.137. The highest BCUT2D eigenvalue weighted by atomic mass is 16.5. The first-order valence-electron chi connectivity index (χ1n) is 12.2. The molecule has 0 fully saturated rings. The number of fused-ring (bicyclic) bond motifs is 1. The van der Waals surface area contributed by atoms with E-state index in [1.165, 1.54) is 14.2 Å². The van der Waals surface area contributed by atoms with Crippen molar-refractivity contribution < 1.29 is 33.3 Å². The van der Waals surface area contributed by atoms with Crippen molar-refractivity contribution in [2.24, 2.45) is 0 Å². The molecule has 2 amide bonds. The van der Waals surface area contributed by atoms with E-state index in [2.05, 4.69) is 5.32 Å². The predicted molar refractivity (Wildman–Crippen MR) is 143 cm³/mol. The van der Waals surface area contributed by atoms with Gasteiger partial charge in [-0.25, -0.2) is 0 Å². The van der Waals surface area contributed by atoms with Crippen LogP contribution >= 0.6 is 0 Å². The molecule has 1 aliphatic rings. The van der Waals surface area contributed by atoms with E-state index in [9.17, 15) is 9.59 Å². The molecule has 1 N–H and O–H groups in total. The lowest BCUT2D eigenvalue weighted by Gasteiger charge is -2.22. The molecule has 0 unspecified atom stereocenters. The molecule has 9 nitrogen and oxygen atoms in total. The average molecular weight is 521 g/mol. The Morgan fingerprint density at radius 1 is 0.895 bits per heavy atom. The van der Waals surface area contributed by atoms with Gasteiger partial charge in [-0.1, -0.05) is 6.07 Å². The molecule has 1 heterocycles. The summed E-state index contributed by atoms with van der Waals surface area (Å²) in [6.45, 7) is 2.59. The lowest BCUT2D eigenvalue weighted by atomic mass is 10.1. The largest absolute Gasteiger partial charge is 0.493 e. The Hall–Kier alpha value is -4.40. The quantitative estimate of drug-likeness (QED) is 0.449. The summed E-state index contributed by atoms with van der Waals surface area (Å²) >= 11 is 0. The third kappa shape index (κ3) is 5.77. The molecule has 0 radical (unpaired) electrons. The van der Waals surface area contributed by atoms with Crippen molar-refractivity contribution in [3.8, 4) is 28.7 Å². The highest BCUT2D eigenvalue weighted by Gasteiger charge is 2.28. The Morgan fingerprint density at radius 3 is 2.24 bits per heavy atom. The van der Waals surface area contributed by atoms with E-state index in [1.54, 1.807) is 56.4 Å². The third-order valence-corrected chi connectivity index (χ3v) is 6.41. The molecule has 4 rings (SSSR count). The van der Waals surface area contributed by atoms with E-state index in [0.29, 0.717) is 59.5 Å². The summed E-state index contributed by atoms with van der Waals surface area (Å²) in [6.07, 6.45) is -0.00184. The van der Waals surface area contributed by atoms with Crippen LogP contribution in [0.15, 0.2) is 54.6 Å². The Bertz CT molecular complexity index is 1320. The van der Waals surface area contributed by atoms with Gasteiger partial charge in [0.15, 0.2) is 29.1 Å². The first-order chi connectivity index (χ1) is 18.4. The number of ether oxygens (including phenoxy) is 5. The molecule has 0 aliphatic carbocycles. The number of methoxy groups -OCH3 is 4. The maximum absolute atomic E-state index is 13.1. The minimum Gasteiger partial charge on any atom is -0.493 e. The van der Waals surface area contributed by atoms with Crippen LogP contribution in [0.25, 0.3) is 0 Å². The highest BCUT2D eigenvalue weighted by molar-refractivity contribution is 6.04. The Balaban J connectivity index is 1.50. The zero-order valence-electron chi connectivity index (χ0n) is 22.2. The Kier molecular flexibility index (Phi) is 8.25. The van der Waals surface area contributed by atoms with Crippen molar-refractivity contribution in [1.29, 1.82) is 0 Å². The van der Waals surface area contributed by atoms with Crippen LogP contribution in [0.2, 0.25) is 0 Å². The molecule has 0 aromatic heterocycles. The second kappa shape index (κ2) is 11.8. The molecular formula is C29H32N2O7. The fourth-order valence-corrected chi connectivity index (χ4v) is 4.35. The van der Waals surface area contributed by atoms with Crippen LogP contribution in [0.5, 0.6) is 28.7 Å². The lowest BCUT2D eigenvalue weighted by Crippen LogP contribution is -2.39. The van der Waals surface area contributed by atoms with Gasteiger partial charge in [0.1, 0.15) is 5.75 Å². The topological polar surface area (TPSA) is 95.6 Å². The van der Waals surface area contributed by atoms with Crippen LogP contribution in [0.4, 0.5) is 5.69 Å². The van der Waals surface area contributed by atoms with Gasteiger partial charge >= 0.3 is 0 Å². The highest BCUT2D eigenvalue weighted by Crippen LogP contribution is 2.31. The van der Waals surface area contributed by atoms with E-state index in [4.69, 9.17) is 23.7 Å². The van der Waals surface area contributed by atoms with Crippen molar-refractivity contribution in [2.75, 3.05) is 40.3 Å². The number of carbonyl (C=O) groups excluding carboxylic acids is 2. The summed E-state index contributed by atoms with van der Waals surface area (Å²) in [6, 6.07) is 16.1. The van der Waals surface area contributed by atoms with Crippen molar-refractivity contribution in [1.82, 2.24) is 4.90 Å². The van der Waals surface area contributed by atoms with Gasteiger partial charge in [-0.2, -0.15) is 0 Å². The van der Waals surface area contributed by atoms with Gasteiger partial charge in [0, 0.05) is 29.9 Å². The maximum Gasteiger partial charge on any atom is 0.263 e. The second-order valence-corrected chi connectivity index (χ2v) is 8.81. The first-order valence-corrected chi connectivity index (χ1v) is 12.2. The van der Waals surface area contributed by atoms with Gasteiger partial charge in [-0.15, -0.1) is 0 Å². The third-order valence-electron chi connectivity index (χ3n) is 6.41. The molecule has 200 valence electrons. The van der Waals surface area contributed by atoms with E-state index >= 15 is 0 Å². The molecule has 0 saturated heterocycles. The van der Waals surface area contributed by atoms with Crippen molar-refractivity contribution >= 4 is 17.5 Å². The number of amides is 2. The van der Waals surface area contributed by atoms with Gasteiger partial charge in [0.25, 0.3) is 11.8 Å². The SMILES string of the molecule is COc1ccc(CCN2Cc3cc(NC(=O)c4ccc(OC)c(OC)c4)ccc3O[C@@H](C)C2=O)cc1OC. The van der Waals surface area contributed by atoms with Crippen molar-refractivity contribution in [3.05, 3.63) is 71.3 Å². The molecule has 1 aliphatic heterocycles. The fourth-order valence-electron chi connectivity index (χ4n) is 4.35. The number of hydrogen-bond donors (Lipinski definition) is 1. The minimum absolute atomic E-state index is 0.0995. The Labute approximate surface area is 222 Å². The van der Waals surface area contributed by atoms with Gasteiger partial charge in [0.05, 0.1) is 28.4 Å². The van der Waals surface area contributed by atoms with Gasteiger partial charge in [-0.05, 0) is 67.4 Å². The average Bonchev–Trinajstić information content (AvgIpc) is 3.06. The van der Waals surface area contributed by atoms with Crippen LogP contribution in [0, 0.1) is 0 Å². The molecule has 0 saturated carbocycles. The molecule has 9 heteroatoms. The smallest absolute Gasteiger partial charge is 0.263 e. The Morgan fingerprint density at radius 2 is 1.55 bits per heavy atom. The molecule has 3 aromatic carbocycles. The normalized spacial score (nSPS) is 14.6. The van der Waals surface area contributed by atoms with Gasteiger partial charge in [-0.3, -0.25) is 9.59 Å². The second-order valence-electron chi connectivity index (χ2n) is 8.81. The molecular weight excluding hydrogens is 488 g/mol. The molecule has 0 spiro atoms. The fraction of sp³-hybridized carbons (Fsp3) is 0.310. The van der Waals surface area contributed by atoms with E-state index in [-0.39, 0.29) is 11.8 Å². The monoisotopic (exact) mass is 520 g/mol. The number of carbonyl (C=O) groups is 2. The van der Waals surface area contributed by atoms with Crippen molar-refractivity contribution in [3.63, 3.8) is 0 Å². The summed E-state index contributed by atoms with van der Waals surface area (Å²) in [5, 5.41) is 2.92. The summed E-state index contributed by atoms with van der Waals surface area (Å²) < 4.78 is 27.2. The number of rotatable bonds is 9. The van der Waals surface area contributed by atoms with Crippen LogP contribution in [0.1, 0.15) is 28.4 Å². The summed E-state index contributed by atoms with van der Waals surface area (Å²) in [7, 11) is 6.25. The molecule has 38 heavy (non-hydrogen) atoms. The van der Waals surface area contributed by atoms with Crippen molar-refractivity contribution in [2.45, 2.75) is 26.0 Å². The summed E-state index contributed by atoms with van der Waals surface area (Å²) in [5.41, 5.74) is 2.84. The van der Waals surface area contributed by atoms with Gasteiger partial charge in [0.2, 0.25) is 0 Å². The number of nitrogens with zero attached hydrogens (tertiary/aromatic N) is 1. The predicted octanol–water partition coefficient (Wildman–Crippen LogP) is 4.33. The number of anilines is 1. The van der Waals surface area contributed by atoms with E-state index in [0.717, 1.165) is 11.1 Å². The summed E-state index contributed by atoms with van der Waals surface area (Å²) in [5.74, 6) is 2.52. The van der Waals surface area contributed by atoms with E-state index in [1.807, 2.05) is 24.3 Å². The molecule has 3 aromatic rings. The number of nitrogens with one attached hydrogen (secondary N) is 1. The minimum atomic E-state index is -0.631. The van der Waals surface area contributed by atoms with Crippen LogP contribution in [-0.4, -0.2) is 57.8 Å². The van der Waals surface area contributed by atoms with Crippen LogP contribution in [-0.2, 0) is 17.8 Å². The van der Waals surface area contributed by atoms with Crippen LogP contribution < -0.4 is 29.0 Å². The maximum atomic E-state index is 13.1. The zero-order chi connectivity index (χ0) is 27.2. The number of benzene rings is 3. The molecule has 1 atom stereocenters.